The summed E-state index contributed by atoms with van der Waals surface area (Å²) in [5.41, 5.74) is 13.4. The molecule has 6 N–H and O–H groups in total. The number of hydrogen-bond acceptors (Lipinski definition) is 7. The van der Waals surface area contributed by atoms with Gasteiger partial charge in [0.2, 0.25) is 5.91 Å². The van der Waals surface area contributed by atoms with E-state index in [9.17, 15) is 4.79 Å². The van der Waals surface area contributed by atoms with E-state index in [1.807, 2.05) is 19.1 Å². The highest BCUT2D eigenvalue weighted by Gasteiger charge is 2.38. The minimum absolute atomic E-state index is 0.130. The van der Waals surface area contributed by atoms with Crippen molar-refractivity contribution in [3.05, 3.63) is 46.7 Å². The maximum Gasteiger partial charge on any atom is 0.240 e. The van der Waals surface area contributed by atoms with Crippen molar-refractivity contribution >= 4 is 29.1 Å². The van der Waals surface area contributed by atoms with Gasteiger partial charge in [0.05, 0.1) is 5.54 Å². The summed E-state index contributed by atoms with van der Waals surface area (Å²) in [5, 5.41) is 11.2. The lowest BCUT2D eigenvalue weighted by Crippen LogP contribution is -2.59. The molecule has 2 aromatic rings. The number of nitrogens with two attached hydrogens (primary N) is 2. The lowest BCUT2D eigenvalue weighted by atomic mass is 9.87. The number of benzene rings is 1. The van der Waals surface area contributed by atoms with E-state index in [0.717, 1.165) is 23.4 Å². The number of hydrogen-bond donors (Lipinski definition) is 4. The molecule has 1 amide bonds. The molecule has 0 aliphatic carbocycles. The second-order valence-electron chi connectivity index (χ2n) is 7.18. The van der Waals surface area contributed by atoms with Crippen LogP contribution >= 0.6 is 11.6 Å². The number of rotatable bonds is 5. The van der Waals surface area contributed by atoms with E-state index < -0.39 is 5.54 Å². The standard InChI is InChI=1S/C19H25ClN6O.C2H6O/c1-2-15-16(21)24-12-25-17(15)26-9-7-19(22,8-10-26)18(27)23-11-13-3-5-14(20)6-4-13;1-2-3/h3-6,12H,2,7-11,22H2,1H3,(H,23,27)(H2,21,24,25);3H,2H2,1H3. The maximum atomic E-state index is 12.7. The van der Waals surface area contributed by atoms with Gasteiger partial charge in [-0.1, -0.05) is 30.7 Å². The van der Waals surface area contributed by atoms with Gasteiger partial charge in [-0.05, 0) is 43.9 Å². The largest absolute Gasteiger partial charge is 0.397 e. The van der Waals surface area contributed by atoms with Gasteiger partial charge in [-0.2, -0.15) is 0 Å². The summed E-state index contributed by atoms with van der Waals surface area (Å²) in [6, 6.07) is 7.39. The van der Waals surface area contributed by atoms with Crippen LogP contribution in [0.15, 0.2) is 30.6 Å². The number of amides is 1. The molecule has 1 fully saturated rings. The summed E-state index contributed by atoms with van der Waals surface area (Å²) < 4.78 is 0. The Kier molecular flexibility index (Phi) is 8.83. The van der Waals surface area contributed by atoms with Crippen molar-refractivity contribution in [2.75, 3.05) is 30.3 Å². The number of carbonyl (C=O) groups is 1. The third kappa shape index (κ3) is 6.04. The molecule has 1 aliphatic rings. The third-order valence-corrected chi connectivity index (χ3v) is 5.34. The molecule has 0 atom stereocenters. The fourth-order valence-electron chi connectivity index (χ4n) is 3.33. The van der Waals surface area contributed by atoms with Crippen LogP contribution in [-0.4, -0.2) is 46.2 Å². The molecular formula is C21H31ClN6O2. The molecule has 0 unspecified atom stereocenters. The average Bonchev–Trinajstić information content (AvgIpc) is 2.74. The van der Waals surface area contributed by atoms with Gasteiger partial charge in [0.25, 0.3) is 0 Å². The lowest BCUT2D eigenvalue weighted by Gasteiger charge is -2.39. The first-order chi connectivity index (χ1) is 14.3. The Hall–Kier alpha value is -2.42. The Bertz CT molecular complexity index is 823. The quantitative estimate of drug-likeness (QED) is 0.565. The van der Waals surface area contributed by atoms with Gasteiger partial charge in [-0.3, -0.25) is 4.79 Å². The lowest BCUT2D eigenvalue weighted by molar-refractivity contribution is -0.127. The summed E-state index contributed by atoms with van der Waals surface area (Å²) >= 11 is 5.88. The fourth-order valence-corrected chi connectivity index (χ4v) is 3.46. The zero-order valence-electron chi connectivity index (χ0n) is 17.6. The molecule has 0 spiro atoms. The van der Waals surface area contributed by atoms with Crippen molar-refractivity contribution in [1.82, 2.24) is 15.3 Å². The number of aromatic nitrogens is 2. The first-order valence-corrected chi connectivity index (χ1v) is 10.5. The molecule has 1 aromatic carbocycles. The van der Waals surface area contributed by atoms with Gasteiger partial charge in [0.15, 0.2) is 0 Å². The van der Waals surface area contributed by atoms with Crippen molar-refractivity contribution in [3.63, 3.8) is 0 Å². The number of anilines is 2. The molecule has 3 rings (SSSR count). The fraction of sp³-hybridized carbons (Fsp3) is 0.476. The summed E-state index contributed by atoms with van der Waals surface area (Å²) in [7, 11) is 0. The second-order valence-corrected chi connectivity index (χ2v) is 7.62. The Balaban J connectivity index is 0.00000101. The van der Waals surface area contributed by atoms with Crippen LogP contribution < -0.4 is 21.7 Å². The molecule has 30 heavy (non-hydrogen) atoms. The average molecular weight is 435 g/mol. The van der Waals surface area contributed by atoms with Crippen molar-refractivity contribution in [3.8, 4) is 0 Å². The van der Waals surface area contributed by atoms with Crippen LogP contribution in [0.3, 0.4) is 0 Å². The number of nitrogens with one attached hydrogen (secondary N) is 1. The number of nitrogen functional groups attached to an aromatic ring is 1. The molecule has 1 saturated heterocycles. The van der Waals surface area contributed by atoms with Crippen LogP contribution in [0.4, 0.5) is 11.6 Å². The van der Waals surface area contributed by atoms with E-state index in [1.165, 1.54) is 6.33 Å². The van der Waals surface area contributed by atoms with Gasteiger partial charge in [0, 0.05) is 36.8 Å². The van der Waals surface area contributed by atoms with Gasteiger partial charge >= 0.3 is 0 Å². The van der Waals surface area contributed by atoms with E-state index in [0.29, 0.717) is 43.3 Å². The van der Waals surface area contributed by atoms with Gasteiger partial charge < -0.3 is 26.8 Å². The van der Waals surface area contributed by atoms with E-state index >= 15 is 0 Å². The molecular weight excluding hydrogens is 404 g/mol. The Morgan fingerprint density at radius 2 is 1.83 bits per heavy atom. The number of aliphatic hydroxyl groups is 1. The maximum absolute atomic E-state index is 12.7. The van der Waals surface area contributed by atoms with Gasteiger partial charge in [0.1, 0.15) is 18.0 Å². The predicted octanol–water partition coefficient (Wildman–Crippen LogP) is 1.89. The van der Waals surface area contributed by atoms with Crippen molar-refractivity contribution in [2.24, 2.45) is 5.73 Å². The molecule has 1 aromatic heterocycles. The van der Waals surface area contributed by atoms with E-state index in [1.54, 1.807) is 19.1 Å². The number of halogens is 1. The topological polar surface area (TPSA) is 130 Å². The van der Waals surface area contributed by atoms with E-state index in [-0.39, 0.29) is 12.5 Å². The van der Waals surface area contributed by atoms with Crippen LogP contribution in [0.5, 0.6) is 0 Å². The summed E-state index contributed by atoms with van der Waals surface area (Å²) in [6.07, 6.45) is 3.33. The SMILES string of the molecule is CCO.CCc1c(N)ncnc1N1CCC(N)(C(=O)NCc2ccc(Cl)cc2)CC1. The molecule has 8 nitrogen and oxygen atoms in total. The summed E-state index contributed by atoms with van der Waals surface area (Å²) in [4.78, 5) is 23.2. The summed E-state index contributed by atoms with van der Waals surface area (Å²) in [6.45, 7) is 5.68. The molecule has 164 valence electrons. The smallest absolute Gasteiger partial charge is 0.240 e. The first kappa shape index (κ1) is 23.9. The molecule has 0 bridgehead atoms. The monoisotopic (exact) mass is 434 g/mol. The predicted molar refractivity (Wildman–Crippen MR) is 120 cm³/mol. The van der Waals surface area contributed by atoms with Crippen LogP contribution in [0.2, 0.25) is 5.02 Å². The van der Waals surface area contributed by atoms with Crippen molar-refractivity contribution in [2.45, 2.75) is 45.2 Å². The summed E-state index contributed by atoms with van der Waals surface area (Å²) in [5.74, 6) is 1.22. The molecule has 2 heterocycles. The number of carbonyl (C=O) groups excluding carboxylic acids is 1. The molecule has 0 saturated carbocycles. The van der Waals surface area contributed by atoms with Crippen molar-refractivity contribution < 1.29 is 9.90 Å². The number of nitrogens with zero attached hydrogens (tertiary/aromatic N) is 3. The highest BCUT2D eigenvalue weighted by atomic mass is 35.5. The molecule has 1 aliphatic heterocycles. The zero-order chi connectivity index (χ0) is 22.1. The van der Waals surface area contributed by atoms with Crippen LogP contribution in [0, 0.1) is 0 Å². The third-order valence-electron chi connectivity index (χ3n) is 5.08. The Morgan fingerprint density at radius 3 is 2.40 bits per heavy atom. The van der Waals surface area contributed by atoms with Crippen LogP contribution in [0.1, 0.15) is 37.8 Å². The number of piperidine rings is 1. The Labute approximate surface area is 182 Å². The minimum atomic E-state index is -0.881. The van der Waals surface area contributed by atoms with Gasteiger partial charge in [-0.15, -0.1) is 0 Å². The van der Waals surface area contributed by atoms with E-state index in [4.69, 9.17) is 28.2 Å². The molecule has 0 radical (unpaired) electrons. The second kappa shape index (κ2) is 11.1. The first-order valence-electron chi connectivity index (χ1n) is 10.1. The zero-order valence-corrected chi connectivity index (χ0v) is 18.3. The van der Waals surface area contributed by atoms with Gasteiger partial charge in [-0.25, -0.2) is 9.97 Å². The number of aliphatic hydroxyl groups excluding tert-OH is 1. The highest BCUT2D eigenvalue weighted by molar-refractivity contribution is 6.30. The van der Waals surface area contributed by atoms with Crippen molar-refractivity contribution in [1.29, 1.82) is 0 Å². The van der Waals surface area contributed by atoms with E-state index in [2.05, 4.69) is 20.2 Å². The van der Waals surface area contributed by atoms with Crippen LogP contribution in [0.25, 0.3) is 0 Å². The minimum Gasteiger partial charge on any atom is -0.397 e. The van der Waals surface area contributed by atoms with Crippen LogP contribution in [-0.2, 0) is 17.8 Å². The highest BCUT2D eigenvalue weighted by Crippen LogP contribution is 2.28. The normalized spacial score (nSPS) is 15.2. The Morgan fingerprint density at radius 1 is 1.23 bits per heavy atom. The molecule has 9 heteroatoms.